The Hall–Kier alpha value is -2.36. The maximum Gasteiger partial charge on any atom is 0.263 e. The van der Waals surface area contributed by atoms with Crippen LogP contribution in [0.2, 0.25) is 0 Å². The van der Waals surface area contributed by atoms with Crippen LogP contribution in [0.25, 0.3) is 0 Å². The van der Waals surface area contributed by atoms with Gasteiger partial charge in [0.1, 0.15) is 5.75 Å². The fraction of sp³-hybridized carbons (Fsp3) is 0.143. The first-order valence-corrected chi connectivity index (χ1v) is 5.58. The second kappa shape index (κ2) is 4.87. The first-order chi connectivity index (χ1) is 8.59. The summed E-state index contributed by atoms with van der Waals surface area (Å²) in [7, 11) is 1.66. The summed E-state index contributed by atoms with van der Waals surface area (Å²) in [5.41, 5.74) is 1.38. The average Bonchev–Trinajstić information content (AvgIpc) is 2.37. The monoisotopic (exact) mass is 242 g/mol. The molecule has 0 radical (unpaired) electrons. The molecule has 4 heteroatoms. The van der Waals surface area contributed by atoms with E-state index in [0.717, 1.165) is 5.69 Å². The number of nitrogens with zero attached hydrogens (tertiary/aromatic N) is 2. The van der Waals surface area contributed by atoms with E-state index in [9.17, 15) is 9.90 Å². The minimum Gasteiger partial charge on any atom is -0.507 e. The van der Waals surface area contributed by atoms with Gasteiger partial charge in [0.15, 0.2) is 0 Å². The molecule has 0 saturated carbocycles. The normalized spacial score (nSPS) is 11.0. The molecule has 0 aliphatic rings. The number of aliphatic imine (C=N–C) groups is 1. The molecule has 18 heavy (non-hydrogen) atoms. The Morgan fingerprint density at radius 1 is 1.28 bits per heavy atom. The van der Waals surface area contributed by atoms with Gasteiger partial charge in [-0.2, -0.15) is 0 Å². The highest BCUT2D eigenvalue weighted by molar-refractivity contribution is 5.84. The van der Waals surface area contributed by atoms with E-state index >= 15 is 0 Å². The SMILES string of the molecule is Cc1cc(O)c(C=Nc2ccccc2)c(=O)n1C. The number of hydrogen-bond donors (Lipinski definition) is 1. The minimum absolute atomic E-state index is 0.0460. The predicted octanol–water partition coefficient (Wildman–Crippen LogP) is 2.15. The molecular weight excluding hydrogens is 228 g/mol. The van der Waals surface area contributed by atoms with E-state index in [1.807, 2.05) is 30.3 Å². The van der Waals surface area contributed by atoms with Crippen LogP contribution < -0.4 is 5.56 Å². The van der Waals surface area contributed by atoms with Crippen molar-refractivity contribution < 1.29 is 5.11 Å². The third-order valence-corrected chi connectivity index (χ3v) is 2.78. The van der Waals surface area contributed by atoms with Gasteiger partial charge in [0.2, 0.25) is 0 Å². The maximum atomic E-state index is 11.9. The second-order valence-electron chi connectivity index (χ2n) is 4.04. The summed E-state index contributed by atoms with van der Waals surface area (Å²) in [6.07, 6.45) is 1.40. The van der Waals surface area contributed by atoms with Crippen molar-refractivity contribution in [3.05, 3.63) is 58.0 Å². The fourth-order valence-electron chi connectivity index (χ4n) is 1.60. The molecule has 2 rings (SSSR count). The molecule has 1 heterocycles. The molecule has 1 aromatic heterocycles. The van der Waals surface area contributed by atoms with Gasteiger partial charge in [-0.3, -0.25) is 9.79 Å². The molecule has 0 atom stereocenters. The highest BCUT2D eigenvalue weighted by Crippen LogP contribution is 2.14. The molecule has 0 unspecified atom stereocenters. The van der Waals surface area contributed by atoms with Crippen molar-refractivity contribution in [2.45, 2.75) is 6.92 Å². The molecular formula is C14H14N2O2. The second-order valence-corrected chi connectivity index (χ2v) is 4.04. The summed E-state index contributed by atoms with van der Waals surface area (Å²) in [6, 6.07) is 10.8. The molecule has 2 aromatic rings. The zero-order valence-electron chi connectivity index (χ0n) is 10.3. The van der Waals surface area contributed by atoms with E-state index in [-0.39, 0.29) is 16.9 Å². The number of aryl methyl sites for hydroxylation is 1. The van der Waals surface area contributed by atoms with Gasteiger partial charge in [0, 0.05) is 25.0 Å². The van der Waals surface area contributed by atoms with Crippen LogP contribution in [0.15, 0.2) is 46.2 Å². The largest absolute Gasteiger partial charge is 0.507 e. The van der Waals surface area contributed by atoms with Crippen LogP contribution in [-0.2, 0) is 7.05 Å². The zero-order chi connectivity index (χ0) is 13.1. The number of rotatable bonds is 2. The number of pyridine rings is 1. The molecule has 0 aliphatic heterocycles. The number of aromatic hydroxyl groups is 1. The molecule has 0 spiro atoms. The van der Waals surface area contributed by atoms with Gasteiger partial charge in [0.25, 0.3) is 5.56 Å². The summed E-state index contributed by atoms with van der Waals surface area (Å²) in [4.78, 5) is 16.1. The van der Waals surface area contributed by atoms with Crippen LogP contribution in [0.1, 0.15) is 11.3 Å². The molecule has 1 aromatic carbocycles. The molecule has 0 aliphatic carbocycles. The molecule has 0 amide bonds. The molecule has 1 N–H and O–H groups in total. The fourth-order valence-corrected chi connectivity index (χ4v) is 1.60. The summed E-state index contributed by atoms with van der Waals surface area (Å²) in [5.74, 6) is -0.0460. The summed E-state index contributed by atoms with van der Waals surface area (Å²) in [6.45, 7) is 1.76. The van der Waals surface area contributed by atoms with Crippen molar-refractivity contribution in [3.8, 4) is 5.75 Å². The quantitative estimate of drug-likeness (QED) is 0.820. The molecule has 92 valence electrons. The van der Waals surface area contributed by atoms with Gasteiger partial charge in [-0.25, -0.2) is 0 Å². The van der Waals surface area contributed by atoms with Crippen LogP contribution >= 0.6 is 0 Å². The zero-order valence-corrected chi connectivity index (χ0v) is 10.3. The number of aromatic nitrogens is 1. The van der Waals surface area contributed by atoms with Gasteiger partial charge in [0.05, 0.1) is 11.3 Å². The minimum atomic E-state index is -0.257. The van der Waals surface area contributed by atoms with Crippen molar-refractivity contribution in [1.29, 1.82) is 0 Å². The Kier molecular flexibility index (Phi) is 3.28. The van der Waals surface area contributed by atoms with Crippen LogP contribution in [0.5, 0.6) is 5.75 Å². The van der Waals surface area contributed by atoms with Crippen molar-refractivity contribution in [1.82, 2.24) is 4.57 Å². The number of hydrogen-bond acceptors (Lipinski definition) is 3. The van der Waals surface area contributed by atoms with Gasteiger partial charge < -0.3 is 9.67 Å². The topological polar surface area (TPSA) is 54.6 Å². The highest BCUT2D eigenvalue weighted by Gasteiger charge is 2.07. The van der Waals surface area contributed by atoms with E-state index in [1.54, 1.807) is 20.0 Å². The Labute approximate surface area is 105 Å². The molecule has 0 fully saturated rings. The Bertz CT molecular complexity index is 643. The van der Waals surface area contributed by atoms with Gasteiger partial charge in [-0.15, -0.1) is 0 Å². The lowest BCUT2D eigenvalue weighted by Crippen LogP contribution is -2.22. The summed E-state index contributed by atoms with van der Waals surface area (Å²) < 4.78 is 1.48. The third-order valence-electron chi connectivity index (χ3n) is 2.78. The average molecular weight is 242 g/mol. The Morgan fingerprint density at radius 3 is 2.61 bits per heavy atom. The standard InChI is InChI=1S/C14H14N2O2/c1-10-8-13(17)12(14(18)16(10)2)9-15-11-6-4-3-5-7-11/h3-9,17H,1-2H3. The van der Waals surface area contributed by atoms with E-state index in [4.69, 9.17) is 0 Å². The molecule has 0 bridgehead atoms. The highest BCUT2D eigenvalue weighted by atomic mass is 16.3. The Balaban J connectivity index is 2.45. The van der Waals surface area contributed by atoms with Crippen molar-refractivity contribution >= 4 is 11.9 Å². The maximum absolute atomic E-state index is 11.9. The lowest BCUT2D eigenvalue weighted by Gasteiger charge is -2.06. The van der Waals surface area contributed by atoms with Gasteiger partial charge >= 0.3 is 0 Å². The van der Waals surface area contributed by atoms with E-state index in [0.29, 0.717) is 5.69 Å². The first kappa shape index (κ1) is 12.1. The smallest absolute Gasteiger partial charge is 0.263 e. The third kappa shape index (κ3) is 2.32. The van der Waals surface area contributed by atoms with E-state index < -0.39 is 0 Å². The first-order valence-electron chi connectivity index (χ1n) is 5.58. The van der Waals surface area contributed by atoms with Gasteiger partial charge in [-0.1, -0.05) is 18.2 Å². The lowest BCUT2D eigenvalue weighted by molar-refractivity contribution is 0.470. The van der Waals surface area contributed by atoms with Crippen LogP contribution in [0.4, 0.5) is 5.69 Å². The summed E-state index contributed by atoms with van der Waals surface area (Å²) in [5, 5.41) is 9.77. The number of benzene rings is 1. The van der Waals surface area contributed by atoms with Crippen LogP contribution in [0, 0.1) is 6.92 Å². The Morgan fingerprint density at radius 2 is 1.94 bits per heavy atom. The lowest BCUT2D eigenvalue weighted by atomic mass is 10.2. The molecule has 0 saturated heterocycles. The summed E-state index contributed by atoms with van der Waals surface area (Å²) >= 11 is 0. The van der Waals surface area contributed by atoms with Crippen molar-refractivity contribution in [3.63, 3.8) is 0 Å². The van der Waals surface area contributed by atoms with Crippen molar-refractivity contribution in [2.75, 3.05) is 0 Å². The van der Waals surface area contributed by atoms with Crippen LogP contribution in [-0.4, -0.2) is 15.9 Å². The van der Waals surface area contributed by atoms with Gasteiger partial charge in [-0.05, 0) is 19.1 Å². The van der Waals surface area contributed by atoms with Crippen LogP contribution in [0.3, 0.4) is 0 Å². The van der Waals surface area contributed by atoms with Crippen molar-refractivity contribution in [2.24, 2.45) is 12.0 Å². The predicted molar refractivity (Wildman–Crippen MR) is 71.8 cm³/mol. The number of para-hydroxylation sites is 1. The molecule has 4 nitrogen and oxygen atoms in total. The van der Waals surface area contributed by atoms with E-state index in [2.05, 4.69) is 4.99 Å². The van der Waals surface area contributed by atoms with E-state index in [1.165, 1.54) is 10.8 Å².